The van der Waals surface area contributed by atoms with Crippen molar-refractivity contribution in [3.05, 3.63) is 53.6 Å². The van der Waals surface area contributed by atoms with Crippen LogP contribution >= 0.6 is 0 Å². The minimum Gasteiger partial charge on any atom is -0.290 e. The molecule has 0 saturated carbocycles. The molecule has 0 N–H and O–H groups in total. The summed E-state index contributed by atoms with van der Waals surface area (Å²) in [6.07, 6.45) is 6.73. The van der Waals surface area contributed by atoms with Gasteiger partial charge >= 0.3 is 0 Å². The van der Waals surface area contributed by atoms with Crippen LogP contribution in [0.3, 0.4) is 0 Å². The summed E-state index contributed by atoms with van der Waals surface area (Å²) in [6.45, 7) is 1.67. The molecule has 21 heavy (non-hydrogen) atoms. The number of halogens is 1. The number of hydrogen-bond donors (Lipinski definition) is 0. The zero-order valence-electron chi connectivity index (χ0n) is 12.5. The van der Waals surface area contributed by atoms with Crippen LogP contribution in [0.2, 0.25) is 0 Å². The number of rotatable bonds is 3. The first kappa shape index (κ1) is 14.3. The number of aromatic nitrogens is 2. The standard InChI is InChI=1S/C17H22FN3/c1-20-12-10-16(19-20)17-9-3-2-6-11-21(17)13-14-7-4-5-8-15(14)18/h4-5,7-8,10,12,17H,2-3,6,9,11,13H2,1H3/t17-/m1/s1. The lowest BCUT2D eigenvalue weighted by Gasteiger charge is -2.28. The summed E-state index contributed by atoms with van der Waals surface area (Å²) < 4.78 is 15.8. The molecule has 112 valence electrons. The number of benzene rings is 1. The summed E-state index contributed by atoms with van der Waals surface area (Å²) in [5.41, 5.74) is 1.89. The maximum Gasteiger partial charge on any atom is 0.127 e. The second-order valence-electron chi connectivity index (χ2n) is 5.84. The van der Waals surface area contributed by atoms with E-state index < -0.39 is 0 Å². The van der Waals surface area contributed by atoms with Crippen molar-refractivity contribution in [1.82, 2.24) is 14.7 Å². The molecule has 1 aromatic carbocycles. The van der Waals surface area contributed by atoms with E-state index >= 15 is 0 Å². The first-order valence-corrected chi connectivity index (χ1v) is 7.71. The number of hydrogen-bond acceptors (Lipinski definition) is 2. The third kappa shape index (κ3) is 3.32. The van der Waals surface area contributed by atoms with Crippen LogP contribution in [0.25, 0.3) is 0 Å². The van der Waals surface area contributed by atoms with Crippen molar-refractivity contribution in [1.29, 1.82) is 0 Å². The topological polar surface area (TPSA) is 21.1 Å². The normalized spacial score (nSPS) is 20.4. The smallest absolute Gasteiger partial charge is 0.127 e. The van der Waals surface area contributed by atoms with Gasteiger partial charge in [0.1, 0.15) is 5.82 Å². The van der Waals surface area contributed by atoms with E-state index in [2.05, 4.69) is 16.1 Å². The molecule has 1 aliphatic heterocycles. The van der Waals surface area contributed by atoms with Crippen molar-refractivity contribution in [2.75, 3.05) is 6.54 Å². The van der Waals surface area contributed by atoms with E-state index in [1.807, 2.05) is 30.1 Å². The van der Waals surface area contributed by atoms with Crippen LogP contribution in [0.1, 0.15) is 43.0 Å². The molecule has 3 nitrogen and oxygen atoms in total. The first-order chi connectivity index (χ1) is 10.2. The monoisotopic (exact) mass is 287 g/mol. The fourth-order valence-electron chi connectivity index (χ4n) is 3.15. The lowest BCUT2D eigenvalue weighted by atomic mass is 10.1. The molecule has 1 aliphatic rings. The van der Waals surface area contributed by atoms with Crippen molar-refractivity contribution < 1.29 is 4.39 Å². The quantitative estimate of drug-likeness (QED) is 0.858. The summed E-state index contributed by atoms with van der Waals surface area (Å²) in [5, 5.41) is 4.57. The van der Waals surface area contributed by atoms with E-state index in [1.54, 1.807) is 12.1 Å². The molecule has 0 spiro atoms. The summed E-state index contributed by atoms with van der Waals surface area (Å²) in [5.74, 6) is -0.110. The zero-order chi connectivity index (χ0) is 14.7. The minimum atomic E-state index is -0.110. The molecule has 1 fully saturated rings. The Balaban J connectivity index is 1.84. The molecule has 1 atom stereocenters. The van der Waals surface area contributed by atoms with Crippen LogP contribution in [0.5, 0.6) is 0 Å². The molecule has 0 amide bonds. The Bertz CT molecular complexity index is 593. The largest absolute Gasteiger partial charge is 0.290 e. The molecule has 1 saturated heterocycles. The number of likely N-dealkylation sites (tertiary alicyclic amines) is 1. The van der Waals surface area contributed by atoms with E-state index in [9.17, 15) is 4.39 Å². The molecule has 0 aliphatic carbocycles. The number of nitrogens with zero attached hydrogens (tertiary/aromatic N) is 3. The Labute approximate surface area is 125 Å². The molecular formula is C17H22FN3. The van der Waals surface area contributed by atoms with Gasteiger partial charge in [-0.05, 0) is 31.5 Å². The van der Waals surface area contributed by atoms with E-state index in [-0.39, 0.29) is 5.82 Å². The Hall–Kier alpha value is -1.68. The third-order valence-electron chi connectivity index (χ3n) is 4.27. The lowest BCUT2D eigenvalue weighted by molar-refractivity contribution is 0.185. The van der Waals surface area contributed by atoms with Crippen LogP contribution in [0.15, 0.2) is 36.5 Å². The molecule has 4 heteroatoms. The molecule has 0 radical (unpaired) electrons. The van der Waals surface area contributed by atoms with Crippen LogP contribution < -0.4 is 0 Å². The fourth-order valence-corrected chi connectivity index (χ4v) is 3.15. The van der Waals surface area contributed by atoms with Crippen LogP contribution in [0.4, 0.5) is 4.39 Å². The first-order valence-electron chi connectivity index (χ1n) is 7.71. The highest BCUT2D eigenvalue weighted by Crippen LogP contribution is 2.30. The predicted molar refractivity (Wildman–Crippen MR) is 81.2 cm³/mol. The van der Waals surface area contributed by atoms with E-state index in [0.29, 0.717) is 12.6 Å². The van der Waals surface area contributed by atoms with Gasteiger partial charge in [0, 0.05) is 25.4 Å². The fraction of sp³-hybridized carbons (Fsp3) is 0.471. The molecule has 0 unspecified atom stereocenters. The van der Waals surface area contributed by atoms with E-state index in [1.165, 1.54) is 19.3 Å². The summed E-state index contributed by atoms with van der Waals surface area (Å²) in [6, 6.07) is 9.47. The second kappa shape index (κ2) is 6.39. The van der Waals surface area contributed by atoms with Gasteiger partial charge in [-0.15, -0.1) is 0 Å². The van der Waals surface area contributed by atoms with E-state index in [4.69, 9.17) is 0 Å². The highest BCUT2D eigenvalue weighted by Gasteiger charge is 2.25. The van der Waals surface area contributed by atoms with Gasteiger partial charge in [-0.2, -0.15) is 5.10 Å². The Kier molecular flexibility index (Phi) is 4.34. The number of aryl methyl sites for hydroxylation is 1. The Morgan fingerprint density at radius 2 is 2.05 bits per heavy atom. The van der Waals surface area contributed by atoms with Gasteiger partial charge in [-0.1, -0.05) is 31.0 Å². The SMILES string of the molecule is Cn1ccc([C@H]2CCCCCN2Cc2ccccc2F)n1. The molecule has 2 heterocycles. The summed E-state index contributed by atoms with van der Waals surface area (Å²) in [7, 11) is 1.95. The summed E-state index contributed by atoms with van der Waals surface area (Å²) in [4.78, 5) is 2.38. The Morgan fingerprint density at radius 3 is 2.81 bits per heavy atom. The highest BCUT2D eigenvalue weighted by molar-refractivity contribution is 5.18. The molecule has 2 aromatic rings. The van der Waals surface area contributed by atoms with Crippen molar-refractivity contribution in [2.24, 2.45) is 7.05 Å². The molecule has 3 rings (SSSR count). The van der Waals surface area contributed by atoms with Gasteiger partial charge < -0.3 is 0 Å². The molecular weight excluding hydrogens is 265 g/mol. The van der Waals surface area contributed by atoms with Gasteiger partial charge in [0.2, 0.25) is 0 Å². The van der Waals surface area contributed by atoms with E-state index in [0.717, 1.165) is 24.2 Å². The van der Waals surface area contributed by atoms with Gasteiger partial charge in [-0.25, -0.2) is 4.39 Å². The minimum absolute atomic E-state index is 0.110. The van der Waals surface area contributed by atoms with Crippen molar-refractivity contribution in [3.8, 4) is 0 Å². The van der Waals surface area contributed by atoms with Crippen molar-refractivity contribution >= 4 is 0 Å². The summed E-state index contributed by atoms with van der Waals surface area (Å²) >= 11 is 0. The maximum absolute atomic E-state index is 13.9. The van der Waals surface area contributed by atoms with Gasteiger partial charge in [-0.3, -0.25) is 9.58 Å². The van der Waals surface area contributed by atoms with Gasteiger partial charge in [0.05, 0.1) is 11.7 Å². The zero-order valence-corrected chi connectivity index (χ0v) is 12.5. The highest BCUT2D eigenvalue weighted by atomic mass is 19.1. The molecule has 0 bridgehead atoms. The van der Waals surface area contributed by atoms with Crippen LogP contribution in [0, 0.1) is 5.82 Å². The maximum atomic E-state index is 13.9. The lowest BCUT2D eigenvalue weighted by Crippen LogP contribution is -2.29. The average molecular weight is 287 g/mol. The molecule has 1 aromatic heterocycles. The van der Waals surface area contributed by atoms with Crippen molar-refractivity contribution in [3.63, 3.8) is 0 Å². The van der Waals surface area contributed by atoms with Crippen LogP contribution in [-0.2, 0) is 13.6 Å². The second-order valence-corrected chi connectivity index (χ2v) is 5.84. The average Bonchev–Trinajstić information content (AvgIpc) is 2.77. The predicted octanol–water partition coefficient (Wildman–Crippen LogP) is 3.68. The van der Waals surface area contributed by atoms with Gasteiger partial charge in [0.15, 0.2) is 0 Å². The third-order valence-corrected chi connectivity index (χ3v) is 4.27. The van der Waals surface area contributed by atoms with Crippen molar-refractivity contribution in [2.45, 2.75) is 38.3 Å². The van der Waals surface area contributed by atoms with Gasteiger partial charge in [0.25, 0.3) is 0 Å². The van der Waals surface area contributed by atoms with Crippen LogP contribution in [-0.4, -0.2) is 21.2 Å². The Morgan fingerprint density at radius 1 is 1.19 bits per heavy atom.